The molecule has 0 bridgehead atoms. The van der Waals surface area contributed by atoms with E-state index in [1.807, 2.05) is 45.2 Å². The lowest BCUT2D eigenvalue weighted by Crippen LogP contribution is -2.26. The van der Waals surface area contributed by atoms with Gasteiger partial charge in [0, 0.05) is 13.2 Å². The number of hydrogen-bond acceptors (Lipinski definition) is 6. The maximum Gasteiger partial charge on any atom is 0.158 e. The Morgan fingerprint density at radius 3 is 2.67 bits per heavy atom. The highest BCUT2D eigenvalue weighted by atomic mass is 16.7. The Hall–Kier alpha value is -1.76. The molecule has 6 heteroatoms. The summed E-state index contributed by atoms with van der Waals surface area (Å²) in [5.74, 6) is 5.38. The van der Waals surface area contributed by atoms with Gasteiger partial charge in [-0.1, -0.05) is 26.0 Å². The lowest BCUT2D eigenvalue weighted by molar-refractivity contribution is -0.152. The molecule has 1 aromatic rings. The molecule has 24 heavy (non-hydrogen) atoms. The standard InChI is InChI=1S/C16H24N4O2.C2H6/c1-18-10-13-5-7-14(8-6-13)19-11-15(20-17)12-22-16-4-2-3-9-21-16;1-2/h5-8,11,16,18H,2-4,9-10,12,17H2,1H3;1-2H3/b19-11?,20-15+;. The predicted molar refractivity (Wildman–Crippen MR) is 99.9 cm³/mol. The van der Waals surface area contributed by atoms with Crippen molar-refractivity contribution in [2.24, 2.45) is 15.9 Å². The number of ether oxygens (including phenoxy) is 2. The van der Waals surface area contributed by atoms with Crippen molar-refractivity contribution >= 4 is 17.6 Å². The summed E-state index contributed by atoms with van der Waals surface area (Å²) in [6, 6.07) is 7.99. The monoisotopic (exact) mass is 334 g/mol. The summed E-state index contributed by atoms with van der Waals surface area (Å²) in [5.41, 5.74) is 2.66. The first kappa shape index (κ1) is 20.3. The second-order valence-corrected chi connectivity index (χ2v) is 5.18. The summed E-state index contributed by atoms with van der Waals surface area (Å²) >= 11 is 0. The fourth-order valence-electron chi connectivity index (χ4n) is 2.18. The SMILES string of the molecule is CC.CNCc1ccc(N=C/C(COC2CCCCO2)=N\N)cc1. The molecule has 1 atom stereocenters. The van der Waals surface area contributed by atoms with Crippen LogP contribution in [0.5, 0.6) is 0 Å². The van der Waals surface area contributed by atoms with Gasteiger partial charge >= 0.3 is 0 Å². The normalized spacial score (nSPS) is 18.3. The molecule has 0 amide bonds. The number of aliphatic imine (C=N–C) groups is 1. The van der Waals surface area contributed by atoms with Gasteiger partial charge in [0.15, 0.2) is 6.29 Å². The average molecular weight is 334 g/mol. The first-order valence-corrected chi connectivity index (χ1v) is 8.59. The molecule has 1 aromatic carbocycles. The van der Waals surface area contributed by atoms with E-state index in [9.17, 15) is 0 Å². The van der Waals surface area contributed by atoms with Crippen molar-refractivity contribution in [3.05, 3.63) is 29.8 Å². The van der Waals surface area contributed by atoms with E-state index in [-0.39, 0.29) is 6.29 Å². The highest BCUT2D eigenvalue weighted by Gasteiger charge is 2.14. The molecule has 0 spiro atoms. The van der Waals surface area contributed by atoms with E-state index in [2.05, 4.69) is 15.4 Å². The van der Waals surface area contributed by atoms with E-state index in [0.717, 1.165) is 38.1 Å². The van der Waals surface area contributed by atoms with Crippen molar-refractivity contribution in [3.63, 3.8) is 0 Å². The number of nitrogens with one attached hydrogen (secondary N) is 1. The van der Waals surface area contributed by atoms with Crippen LogP contribution in [0.1, 0.15) is 38.7 Å². The summed E-state index contributed by atoms with van der Waals surface area (Å²) in [7, 11) is 1.92. The molecule has 2 rings (SSSR count). The van der Waals surface area contributed by atoms with Gasteiger partial charge in [0.05, 0.1) is 18.5 Å². The number of hydrazone groups is 1. The first-order valence-electron chi connectivity index (χ1n) is 8.59. The highest BCUT2D eigenvalue weighted by Crippen LogP contribution is 2.14. The van der Waals surface area contributed by atoms with Gasteiger partial charge in [-0.2, -0.15) is 5.10 Å². The molecule has 1 aliphatic rings. The van der Waals surface area contributed by atoms with Gasteiger partial charge in [0.2, 0.25) is 0 Å². The van der Waals surface area contributed by atoms with Crippen molar-refractivity contribution in [3.8, 4) is 0 Å². The zero-order valence-corrected chi connectivity index (χ0v) is 15.0. The lowest BCUT2D eigenvalue weighted by atomic mass is 10.2. The predicted octanol–water partition coefficient (Wildman–Crippen LogP) is 2.99. The van der Waals surface area contributed by atoms with E-state index in [1.165, 1.54) is 5.56 Å². The summed E-state index contributed by atoms with van der Waals surface area (Å²) < 4.78 is 11.1. The van der Waals surface area contributed by atoms with Crippen LogP contribution in [0.3, 0.4) is 0 Å². The van der Waals surface area contributed by atoms with Gasteiger partial charge in [-0.3, -0.25) is 4.99 Å². The third-order valence-electron chi connectivity index (χ3n) is 3.40. The Balaban J connectivity index is 0.00000139. The quantitative estimate of drug-likeness (QED) is 0.456. The fraction of sp³-hybridized carbons (Fsp3) is 0.556. The minimum atomic E-state index is -0.153. The lowest BCUT2D eigenvalue weighted by Gasteiger charge is -2.22. The molecular weight excluding hydrogens is 304 g/mol. The van der Waals surface area contributed by atoms with Crippen molar-refractivity contribution < 1.29 is 9.47 Å². The third kappa shape index (κ3) is 7.68. The number of benzene rings is 1. The van der Waals surface area contributed by atoms with Gasteiger partial charge in [0.25, 0.3) is 0 Å². The molecule has 3 N–H and O–H groups in total. The van der Waals surface area contributed by atoms with Crippen LogP contribution in [-0.2, 0) is 16.0 Å². The van der Waals surface area contributed by atoms with Crippen LogP contribution >= 0.6 is 0 Å². The van der Waals surface area contributed by atoms with Crippen molar-refractivity contribution in [1.82, 2.24) is 5.32 Å². The molecule has 1 unspecified atom stereocenters. The van der Waals surface area contributed by atoms with Crippen LogP contribution in [0.2, 0.25) is 0 Å². The zero-order chi connectivity index (χ0) is 17.6. The van der Waals surface area contributed by atoms with Gasteiger partial charge < -0.3 is 20.6 Å². The Bertz CT molecular complexity index is 494. The van der Waals surface area contributed by atoms with Crippen LogP contribution in [0.4, 0.5) is 5.69 Å². The molecule has 0 radical (unpaired) electrons. The fourth-order valence-corrected chi connectivity index (χ4v) is 2.18. The van der Waals surface area contributed by atoms with Crippen LogP contribution in [0.25, 0.3) is 0 Å². The van der Waals surface area contributed by atoms with Crippen LogP contribution in [0, 0.1) is 0 Å². The van der Waals surface area contributed by atoms with Crippen molar-refractivity contribution in [2.75, 3.05) is 20.3 Å². The zero-order valence-electron chi connectivity index (χ0n) is 15.0. The van der Waals surface area contributed by atoms with E-state index >= 15 is 0 Å². The Morgan fingerprint density at radius 2 is 2.08 bits per heavy atom. The van der Waals surface area contributed by atoms with Crippen LogP contribution in [0.15, 0.2) is 34.4 Å². The van der Waals surface area contributed by atoms with E-state index in [4.69, 9.17) is 15.3 Å². The number of rotatable bonds is 7. The van der Waals surface area contributed by atoms with Crippen molar-refractivity contribution in [1.29, 1.82) is 0 Å². The van der Waals surface area contributed by atoms with Gasteiger partial charge in [-0.25, -0.2) is 0 Å². The Kier molecular flexibility index (Phi) is 10.7. The number of hydrogen-bond donors (Lipinski definition) is 2. The minimum absolute atomic E-state index is 0.153. The molecule has 1 heterocycles. The molecule has 0 saturated carbocycles. The third-order valence-corrected chi connectivity index (χ3v) is 3.40. The van der Waals surface area contributed by atoms with E-state index < -0.39 is 0 Å². The van der Waals surface area contributed by atoms with Gasteiger partial charge in [-0.05, 0) is 44.0 Å². The molecule has 1 saturated heterocycles. The molecule has 134 valence electrons. The maximum absolute atomic E-state index is 5.64. The largest absolute Gasteiger partial charge is 0.353 e. The van der Waals surface area contributed by atoms with Crippen LogP contribution in [-0.4, -0.2) is 38.5 Å². The first-order chi connectivity index (χ1) is 11.8. The number of nitrogens with zero attached hydrogens (tertiary/aromatic N) is 2. The Morgan fingerprint density at radius 1 is 1.33 bits per heavy atom. The van der Waals surface area contributed by atoms with E-state index in [1.54, 1.807) is 6.21 Å². The maximum atomic E-state index is 5.64. The molecule has 1 fully saturated rings. The molecule has 6 nitrogen and oxygen atoms in total. The summed E-state index contributed by atoms with van der Waals surface area (Å²) in [6.07, 6.45) is 4.63. The summed E-state index contributed by atoms with van der Waals surface area (Å²) in [4.78, 5) is 4.37. The second-order valence-electron chi connectivity index (χ2n) is 5.18. The average Bonchev–Trinajstić information content (AvgIpc) is 2.66. The summed E-state index contributed by atoms with van der Waals surface area (Å²) in [5, 5.41) is 6.82. The van der Waals surface area contributed by atoms with Crippen molar-refractivity contribution in [2.45, 2.75) is 45.9 Å². The van der Waals surface area contributed by atoms with Crippen LogP contribution < -0.4 is 11.2 Å². The Labute approximate surface area is 145 Å². The molecule has 0 aliphatic carbocycles. The second kappa shape index (κ2) is 12.6. The minimum Gasteiger partial charge on any atom is -0.353 e. The van der Waals surface area contributed by atoms with E-state index in [0.29, 0.717) is 12.3 Å². The molecule has 0 aromatic heterocycles. The number of nitrogens with two attached hydrogens (primary N) is 1. The smallest absolute Gasteiger partial charge is 0.158 e. The highest BCUT2D eigenvalue weighted by molar-refractivity contribution is 6.31. The van der Waals surface area contributed by atoms with Gasteiger partial charge in [-0.15, -0.1) is 0 Å². The topological polar surface area (TPSA) is 81.2 Å². The summed E-state index contributed by atoms with van der Waals surface area (Å²) in [6.45, 7) is 5.91. The molecule has 1 aliphatic heterocycles. The molecular formula is C18H30N4O2. The van der Waals surface area contributed by atoms with Gasteiger partial charge in [0.1, 0.15) is 5.71 Å².